The summed E-state index contributed by atoms with van der Waals surface area (Å²) in [6.07, 6.45) is 7.62. The standard InChI is InChI=1S/C18H34O/c1-12-6-9-16(17(19)10-12)18(4,5)15-8-7-13(2)14(3)11-15/h12-17,19H,6-11H2,1-5H3. The molecule has 0 aromatic rings. The van der Waals surface area contributed by atoms with Crippen molar-refractivity contribution >= 4 is 0 Å². The van der Waals surface area contributed by atoms with E-state index in [2.05, 4.69) is 34.6 Å². The van der Waals surface area contributed by atoms with Gasteiger partial charge in [0.25, 0.3) is 0 Å². The number of rotatable bonds is 2. The summed E-state index contributed by atoms with van der Waals surface area (Å²) in [5.41, 5.74) is 0.313. The summed E-state index contributed by atoms with van der Waals surface area (Å²) in [5.74, 6) is 3.80. The van der Waals surface area contributed by atoms with E-state index in [-0.39, 0.29) is 6.10 Å². The molecule has 1 heteroatoms. The van der Waals surface area contributed by atoms with Crippen molar-refractivity contribution in [3.05, 3.63) is 0 Å². The molecule has 0 aliphatic heterocycles. The van der Waals surface area contributed by atoms with Crippen molar-refractivity contribution in [1.82, 2.24) is 0 Å². The highest BCUT2D eigenvalue weighted by molar-refractivity contribution is 4.94. The Bertz CT molecular complexity index is 296. The molecule has 0 bridgehead atoms. The van der Waals surface area contributed by atoms with Gasteiger partial charge in [0.2, 0.25) is 0 Å². The third-order valence-corrected chi connectivity index (χ3v) is 6.68. The Balaban J connectivity index is 2.04. The third-order valence-electron chi connectivity index (χ3n) is 6.68. The molecule has 19 heavy (non-hydrogen) atoms. The lowest BCUT2D eigenvalue weighted by Crippen LogP contribution is -2.44. The Labute approximate surface area is 120 Å². The largest absolute Gasteiger partial charge is 0.393 e. The van der Waals surface area contributed by atoms with E-state index in [1.54, 1.807) is 0 Å². The third kappa shape index (κ3) is 3.17. The molecule has 2 fully saturated rings. The van der Waals surface area contributed by atoms with E-state index >= 15 is 0 Å². The van der Waals surface area contributed by atoms with Crippen molar-refractivity contribution in [3.63, 3.8) is 0 Å². The van der Waals surface area contributed by atoms with Gasteiger partial charge in [-0.1, -0.05) is 47.5 Å². The summed E-state index contributed by atoms with van der Waals surface area (Å²) < 4.78 is 0. The van der Waals surface area contributed by atoms with Crippen LogP contribution in [0.3, 0.4) is 0 Å². The van der Waals surface area contributed by atoms with Gasteiger partial charge in [-0.25, -0.2) is 0 Å². The average molecular weight is 266 g/mol. The zero-order valence-corrected chi connectivity index (χ0v) is 13.7. The van der Waals surface area contributed by atoms with Gasteiger partial charge in [-0.15, -0.1) is 0 Å². The van der Waals surface area contributed by atoms with Crippen molar-refractivity contribution in [1.29, 1.82) is 0 Å². The maximum absolute atomic E-state index is 10.5. The smallest absolute Gasteiger partial charge is 0.0576 e. The Morgan fingerprint density at radius 1 is 0.842 bits per heavy atom. The van der Waals surface area contributed by atoms with Crippen LogP contribution < -0.4 is 0 Å². The molecule has 112 valence electrons. The number of aliphatic hydroxyl groups is 1. The maximum atomic E-state index is 10.5. The normalized spacial score (nSPS) is 45.2. The first-order valence-electron chi connectivity index (χ1n) is 8.50. The van der Waals surface area contributed by atoms with Crippen molar-refractivity contribution in [3.8, 4) is 0 Å². The van der Waals surface area contributed by atoms with Crippen LogP contribution in [-0.2, 0) is 0 Å². The van der Waals surface area contributed by atoms with E-state index in [1.165, 1.54) is 32.1 Å². The van der Waals surface area contributed by atoms with Gasteiger partial charge in [0.1, 0.15) is 0 Å². The molecule has 0 radical (unpaired) electrons. The quantitative estimate of drug-likeness (QED) is 0.755. The van der Waals surface area contributed by atoms with E-state index in [1.807, 2.05) is 0 Å². The molecule has 0 aromatic carbocycles. The van der Waals surface area contributed by atoms with Crippen LogP contribution in [0.25, 0.3) is 0 Å². The van der Waals surface area contributed by atoms with Crippen molar-refractivity contribution in [2.75, 3.05) is 0 Å². The fraction of sp³-hybridized carbons (Fsp3) is 1.00. The van der Waals surface area contributed by atoms with E-state index in [9.17, 15) is 5.11 Å². The van der Waals surface area contributed by atoms with Crippen LogP contribution in [0, 0.1) is 35.0 Å². The van der Waals surface area contributed by atoms with Gasteiger partial charge < -0.3 is 5.11 Å². The molecule has 0 saturated heterocycles. The van der Waals surface area contributed by atoms with Crippen LogP contribution >= 0.6 is 0 Å². The first-order valence-corrected chi connectivity index (χ1v) is 8.50. The summed E-state index contributed by atoms with van der Waals surface area (Å²) in [6, 6.07) is 0. The molecular formula is C18H34O. The van der Waals surface area contributed by atoms with Crippen LogP contribution in [0.4, 0.5) is 0 Å². The van der Waals surface area contributed by atoms with Gasteiger partial charge in [-0.3, -0.25) is 0 Å². The Hall–Kier alpha value is -0.0400. The molecule has 6 unspecified atom stereocenters. The lowest BCUT2D eigenvalue weighted by Gasteiger charge is -2.49. The fourth-order valence-electron chi connectivity index (χ4n) is 4.74. The molecule has 0 amide bonds. The number of hydrogen-bond donors (Lipinski definition) is 1. The van der Waals surface area contributed by atoms with Crippen molar-refractivity contribution < 1.29 is 5.11 Å². The second-order valence-corrected chi connectivity index (χ2v) is 8.38. The Morgan fingerprint density at radius 3 is 2.11 bits per heavy atom. The van der Waals surface area contributed by atoms with Gasteiger partial charge in [0.05, 0.1) is 6.10 Å². The molecule has 0 aromatic heterocycles. The van der Waals surface area contributed by atoms with Crippen LogP contribution in [0.15, 0.2) is 0 Å². The molecule has 0 heterocycles. The summed E-state index contributed by atoms with van der Waals surface area (Å²) in [7, 11) is 0. The molecular weight excluding hydrogens is 232 g/mol. The van der Waals surface area contributed by atoms with Crippen molar-refractivity contribution in [2.45, 2.75) is 79.2 Å². The Kier molecular flexibility index (Phi) is 4.65. The molecule has 1 nitrogen and oxygen atoms in total. The number of hydrogen-bond acceptors (Lipinski definition) is 1. The Morgan fingerprint density at radius 2 is 1.53 bits per heavy atom. The minimum atomic E-state index is -0.0617. The second kappa shape index (κ2) is 5.76. The minimum Gasteiger partial charge on any atom is -0.393 e. The van der Waals surface area contributed by atoms with Crippen LogP contribution in [0.5, 0.6) is 0 Å². The molecule has 0 spiro atoms. The van der Waals surface area contributed by atoms with E-state index in [0.29, 0.717) is 17.3 Å². The SMILES string of the molecule is CC1CCC(C(C)(C)C2CCC(C)C(C)C2)C(O)C1. The highest BCUT2D eigenvalue weighted by atomic mass is 16.3. The molecule has 2 saturated carbocycles. The van der Waals surface area contributed by atoms with Crippen LogP contribution in [0.1, 0.15) is 73.1 Å². The monoisotopic (exact) mass is 266 g/mol. The number of aliphatic hydroxyl groups excluding tert-OH is 1. The molecule has 1 N–H and O–H groups in total. The zero-order chi connectivity index (χ0) is 14.2. The molecule has 2 rings (SSSR count). The van der Waals surface area contributed by atoms with Crippen LogP contribution in [-0.4, -0.2) is 11.2 Å². The maximum Gasteiger partial charge on any atom is 0.0576 e. The van der Waals surface area contributed by atoms with Crippen molar-refractivity contribution in [2.24, 2.45) is 35.0 Å². The topological polar surface area (TPSA) is 20.2 Å². The highest BCUT2D eigenvalue weighted by Crippen LogP contribution is 2.50. The lowest BCUT2D eigenvalue weighted by molar-refractivity contribution is -0.0534. The second-order valence-electron chi connectivity index (χ2n) is 8.38. The summed E-state index contributed by atoms with van der Waals surface area (Å²) >= 11 is 0. The first-order chi connectivity index (χ1) is 8.82. The fourth-order valence-corrected chi connectivity index (χ4v) is 4.74. The summed E-state index contributed by atoms with van der Waals surface area (Å²) in [4.78, 5) is 0. The van der Waals surface area contributed by atoms with Gasteiger partial charge in [0.15, 0.2) is 0 Å². The van der Waals surface area contributed by atoms with Gasteiger partial charge in [-0.2, -0.15) is 0 Å². The van der Waals surface area contributed by atoms with E-state index in [4.69, 9.17) is 0 Å². The minimum absolute atomic E-state index is 0.0617. The summed E-state index contributed by atoms with van der Waals surface area (Å²) in [5, 5.41) is 10.5. The van der Waals surface area contributed by atoms with E-state index in [0.717, 1.165) is 24.2 Å². The lowest BCUT2D eigenvalue weighted by atomic mass is 9.57. The predicted octanol–water partition coefficient (Wildman–Crippen LogP) is 4.88. The first kappa shape index (κ1) is 15.4. The van der Waals surface area contributed by atoms with E-state index < -0.39 is 0 Å². The average Bonchev–Trinajstić information content (AvgIpc) is 2.32. The zero-order valence-electron chi connectivity index (χ0n) is 13.7. The molecule has 2 aliphatic rings. The molecule has 6 atom stereocenters. The van der Waals surface area contributed by atoms with Gasteiger partial charge >= 0.3 is 0 Å². The van der Waals surface area contributed by atoms with Crippen LogP contribution in [0.2, 0.25) is 0 Å². The predicted molar refractivity (Wildman–Crippen MR) is 82.0 cm³/mol. The van der Waals surface area contributed by atoms with Gasteiger partial charge in [0, 0.05) is 0 Å². The molecule has 2 aliphatic carbocycles. The summed E-state index contributed by atoms with van der Waals surface area (Å²) in [6.45, 7) is 12.0. The highest BCUT2D eigenvalue weighted by Gasteiger charge is 2.44. The van der Waals surface area contributed by atoms with Gasteiger partial charge in [-0.05, 0) is 60.7 Å².